The van der Waals surface area contributed by atoms with Crippen molar-refractivity contribution in [3.8, 4) is 11.8 Å². The van der Waals surface area contributed by atoms with Gasteiger partial charge >= 0.3 is 12.2 Å². The lowest BCUT2D eigenvalue weighted by molar-refractivity contribution is -0.122. The number of carbonyl (C=O) groups excluding carboxylic acids is 1. The highest BCUT2D eigenvalue weighted by molar-refractivity contribution is 5.73. The van der Waals surface area contributed by atoms with E-state index in [0.29, 0.717) is 5.56 Å². The molecule has 0 aliphatic rings. The molecule has 2 amide bonds. The summed E-state index contributed by atoms with van der Waals surface area (Å²) in [7, 11) is 0. The average Bonchev–Trinajstić information content (AvgIpc) is 2.42. The molecule has 0 atom stereocenters. The van der Waals surface area contributed by atoms with Crippen LogP contribution in [0.15, 0.2) is 18.2 Å². The van der Waals surface area contributed by atoms with E-state index in [2.05, 4.69) is 17.2 Å². The van der Waals surface area contributed by atoms with E-state index in [1.54, 1.807) is 5.32 Å². The normalized spacial score (nSPS) is 10.5. The van der Waals surface area contributed by atoms with Gasteiger partial charge in [0.15, 0.2) is 0 Å². The van der Waals surface area contributed by atoms with Gasteiger partial charge in [-0.3, -0.25) is 0 Å². The standard InChI is InChI=1S/C13H12F4N2O2/c14-11-4-3-9(2-1-5-20)6-10(11)7-18-12(21)19-8-13(15,16)17/h3-4,6,20H,5,7-8H2,(H2,18,19,21). The zero-order valence-electron chi connectivity index (χ0n) is 10.7. The van der Waals surface area contributed by atoms with Crippen molar-refractivity contribution in [3.05, 3.63) is 35.1 Å². The lowest BCUT2D eigenvalue weighted by Crippen LogP contribution is -2.40. The molecule has 0 spiro atoms. The first-order valence-corrected chi connectivity index (χ1v) is 5.78. The molecule has 8 heteroatoms. The summed E-state index contributed by atoms with van der Waals surface area (Å²) in [5, 5.41) is 12.3. The predicted molar refractivity (Wildman–Crippen MR) is 66.7 cm³/mol. The lowest BCUT2D eigenvalue weighted by atomic mass is 10.1. The number of halogens is 4. The summed E-state index contributed by atoms with van der Waals surface area (Å²) < 4.78 is 49.1. The molecule has 0 saturated heterocycles. The van der Waals surface area contributed by atoms with Gasteiger partial charge in [-0.2, -0.15) is 13.2 Å². The first kappa shape index (κ1) is 16.8. The summed E-state index contributed by atoms with van der Waals surface area (Å²) >= 11 is 0. The van der Waals surface area contributed by atoms with Crippen molar-refractivity contribution in [1.82, 2.24) is 10.6 Å². The van der Waals surface area contributed by atoms with Gasteiger partial charge in [0.1, 0.15) is 19.0 Å². The number of aliphatic hydroxyl groups excluding tert-OH is 1. The Hall–Kier alpha value is -2.27. The van der Waals surface area contributed by atoms with Crippen molar-refractivity contribution in [3.63, 3.8) is 0 Å². The van der Waals surface area contributed by atoms with E-state index in [0.717, 1.165) is 6.07 Å². The molecule has 0 heterocycles. The Morgan fingerprint density at radius 2 is 2.00 bits per heavy atom. The smallest absolute Gasteiger partial charge is 0.384 e. The number of nitrogens with one attached hydrogen (secondary N) is 2. The quantitative estimate of drug-likeness (QED) is 0.586. The Balaban J connectivity index is 2.60. The van der Waals surface area contributed by atoms with Gasteiger partial charge in [-0.25, -0.2) is 9.18 Å². The minimum Gasteiger partial charge on any atom is -0.384 e. The van der Waals surface area contributed by atoms with Gasteiger partial charge in [0.2, 0.25) is 0 Å². The fourth-order valence-electron chi connectivity index (χ4n) is 1.35. The maximum Gasteiger partial charge on any atom is 0.405 e. The molecule has 0 unspecified atom stereocenters. The van der Waals surface area contributed by atoms with Crippen molar-refractivity contribution in [1.29, 1.82) is 0 Å². The van der Waals surface area contributed by atoms with Crippen LogP contribution in [0.1, 0.15) is 11.1 Å². The van der Waals surface area contributed by atoms with E-state index in [4.69, 9.17) is 5.11 Å². The van der Waals surface area contributed by atoms with Gasteiger partial charge in [-0.15, -0.1) is 0 Å². The zero-order valence-corrected chi connectivity index (χ0v) is 10.7. The van der Waals surface area contributed by atoms with Crippen LogP contribution in [0.2, 0.25) is 0 Å². The van der Waals surface area contributed by atoms with E-state index in [1.165, 1.54) is 12.1 Å². The number of benzene rings is 1. The maximum absolute atomic E-state index is 13.5. The van der Waals surface area contributed by atoms with E-state index in [1.807, 2.05) is 0 Å². The number of amides is 2. The topological polar surface area (TPSA) is 61.4 Å². The van der Waals surface area contributed by atoms with Crippen molar-refractivity contribution < 1.29 is 27.5 Å². The molecule has 21 heavy (non-hydrogen) atoms. The molecule has 1 rings (SSSR count). The number of urea groups is 1. The van der Waals surface area contributed by atoms with Gasteiger partial charge in [0, 0.05) is 17.7 Å². The first-order chi connectivity index (χ1) is 9.81. The van der Waals surface area contributed by atoms with E-state index in [9.17, 15) is 22.4 Å². The van der Waals surface area contributed by atoms with Crippen LogP contribution < -0.4 is 10.6 Å². The molecular formula is C13H12F4N2O2. The highest BCUT2D eigenvalue weighted by Crippen LogP contribution is 2.12. The van der Waals surface area contributed by atoms with Gasteiger partial charge in [-0.05, 0) is 18.2 Å². The number of aliphatic hydroxyl groups is 1. The van der Waals surface area contributed by atoms with Crippen LogP contribution >= 0.6 is 0 Å². The molecule has 1 aromatic rings. The minimum absolute atomic E-state index is 0.0712. The molecule has 0 radical (unpaired) electrons. The van der Waals surface area contributed by atoms with Gasteiger partial charge in [-0.1, -0.05) is 11.8 Å². The molecule has 0 saturated carbocycles. The fraction of sp³-hybridized carbons (Fsp3) is 0.308. The SMILES string of the molecule is O=C(NCc1cc(C#CCO)ccc1F)NCC(F)(F)F. The Morgan fingerprint density at radius 1 is 1.29 bits per heavy atom. The maximum atomic E-state index is 13.5. The third-order valence-corrected chi connectivity index (χ3v) is 2.25. The van der Waals surface area contributed by atoms with Crippen LogP contribution in [-0.2, 0) is 6.54 Å². The molecule has 0 fully saturated rings. The molecule has 114 valence electrons. The van der Waals surface area contributed by atoms with Crippen molar-refractivity contribution in [2.75, 3.05) is 13.2 Å². The number of carbonyl (C=O) groups is 1. The van der Waals surface area contributed by atoms with Crippen molar-refractivity contribution >= 4 is 6.03 Å². The zero-order chi connectivity index (χ0) is 15.9. The average molecular weight is 304 g/mol. The van der Waals surface area contributed by atoms with Gasteiger partial charge in [0.05, 0.1) is 0 Å². The van der Waals surface area contributed by atoms with Gasteiger partial charge in [0.25, 0.3) is 0 Å². The van der Waals surface area contributed by atoms with Crippen molar-refractivity contribution in [2.45, 2.75) is 12.7 Å². The molecule has 1 aromatic carbocycles. The fourth-order valence-corrected chi connectivity index (χ4v) is 1.35. The number of hydrogen-bond acceptors (Lipinski definition) is 2. The summed E-state index contributed by atoms with van der Waals surface area (Å²) in [6.07, 6.45) is -4.51. The van der Waals surface area contributed by atoms with Crippen LogP contribution in [0.25, 0.3) is 0 Å². The number of rotatable bonds is 3. The molecule has 0 aromatic heterocycles. The summed E-state index contributed by atoms with van der Waals surface area (Å²) in [5.41, 5.74) is 0.486. The number of alkyl halides is 3. The molecule has 0 aliphatic carbocycles. The van der Waals surface area contributed by atoms with Crippen molar-refractivity contribution in [2.24, 2.45) is 0 Å². The first-order valence-electron chi connectivity index (χ1n) is 5.78. The Labute approximate surface area is 118 Å². The monoisotopic (exact) mass is 304 g/mol. The van der Waals surface area contributed by atoms with Crippen LogP contribution in [0.5, 0.6) is 0 Å². The lowest BCUT2D eigenvalue weighted by Gasteiger charge is -2.10. The number of hydrogen-bond donors (Lipinski definition) is 3. The Bertz CT molecular complexity index is 562. The van der Waals surface area contributed by atoms with Crippen LogP contribution in [0.4, 0.5) is 22.4 Å². The summed E-state index contributed by atoms with van der Waals surface area (Å²) in [6.45, 7) is -2.11. The third kappa shape index (κ3) is 6.63. The van der Waals surface area contributed by atoms with Crippen LogP contribution in [0.3, 0.4) is 0 Å². The highest BCUT2D eigenvalue weighted by atomic mass is 19.4. The second kappa shape index (κ2) is 7.50. The predicted octanol–water partition coefficient (Wildman–Crippen LogP) is 1.53. The minimum atomic E-state index is -4.51. The summed E-state index contributed by atoms with van der Waals surface area (Å²) in [4.78, 5) is 11.1. The Morgan fingerprint density at radius 3 is 2.62 bits per heavy atom. The largest absolute Gasteiger partial charge is 0.405 e. The Kier molecular flexibility index (Phi) is 5.99. The second-order valence-corrected chi connectivity index (χ2v) is 3.92. The highest BCUT2D eigenvalue weighted by Gasteiger charge is 2.27. The van der Waals surface area contributed by atoms with E-state index in [-0.39, 0.29) is 18.7 Å². The summed E-state index contributed by atoms with van der Waals surface area (Å²) in [5.74, 6) is 4.30. The van der Waals surface area contributed by atoms with Gasteiger partial charge < -0.3 is 15.7 Å². The molecule has 3 N–H and O–H groups in total. The molecule has 0 aliphatic heterocycles. The second-order valence-electron chi connectivity index (χ2n) is 3.92. The van der Waals surface area contributed by atoms with Crippen LogP contribution in [0, 0.1) is 17.7 Å². The van der Waals surface area contributed by atoms with Crippen LogP contribution in [-0.4, -0.2) is 30.5 Å². The third-order valence-electron chi connectivity index (χ3n) is 2.25. The van der Waals surface area contributed by atoms with E-state index >= 15 is 0 Å². The summed E-state index contributed by atoms with van der Waals surface area (Å²) in [6, 6.07) is 2.78. The molecular weight excluding hydrogens is 292 g/mol. The molecule has 0 bridgehead atoms. The van der Waals surface area contributed by atoms with E-state index < -0.39 is 24.6 Å². The molecule has 4 nitrogen and oxygen atoms in total.